The normalized spacial score (nSPS) is 10.8. The van der Waals surface area contributed by atoms with Crippen molar-refractivity contribution in [3.05, 3.63) is 43.5 Å². The van der Waals surface area contributed by atoms with E-state index in [4.69, 9.17) is 11.6 Å². The van der Waals surface area contributed by atoms with Crippen molar-refractivity contribution in [1.29, 1.82) is 0 Å². The lowest BCUT2D eigenvalue weighted by molar-refractivity contribution is 0.850. The predicted molar refractivity (Wildman–Crippen MR) is 76.2 cm³/mol. The van der Waals surface area contributed by atoms with Crippen LogP contribution in [0.1, 0.15) is 5.69 Å². The minimum Gasteiger partial charge on any atom is -0.238 e. The number of alkyl halides is 1. The second-order valence-corrected chi connectivity index (χ2v) is 5.99. The summed E-state index contributed by atoms with van der Waals surface area (Å²) in [6.45, 7) is 0. The van der Waals surface area contributed by atoms with Crippen molar-refractivity contribution in [2.24, 2.45) is 0 Å². The van der Waals surface area contributed by atoms with E-state index in [1.165, 1.54) is 0 Å². The van der Waals surface area contributed by atoms with Crippen LogP contribution in [0.2, 0.25) is 0 Å². The fourth-order valence-electron chi connectivity index (χ4n) is 1.31. The van der Waals surface area contributed by atoms with E-state index in [1.54, 1.807) is 4.68 Å². The number of hydrogen-bond donors (Lipinski definition) is 0. The van der Waals surface area contributed by atoms with Gasteiger partial charge in [0.1, 0.15) is 0 Å². The number of nitrogens with zero attached hydrogens (tertiary/aromatic N) is 2. The largest absolute Gasteiger partial charge is 0.238 e. The fraction of sp³-hybridized carbons (Fsp3) is 0.100. The minimum atomic E-state index is 0.415. The van der Waals surface area contributed by atoms with Gasteiger partial charge in [0, 0.05) is 19.6 Å². The van der Waals surface area contributed by atoms with Crippen LogP contribution < -0.4 is 0 Å². The van der Waals surface area contributed by atoms with Crippen molar-refractivity contribution < 1.29 is 0 Å². The van der Waals surface area contributed by atoms with E-state index >= 15 is 0 Å². The fourth-order valence-corrected chi connectivity index (χ4v) is 4.08. The second-order valence-electron chi connectivity index (χ2n) is 3.10. The van der Waals surface area contributed by atoms with Gasteiger partial charge in [-0.15, -0.1) is 11.6 Å². The van der Waals surface area contributed by atoms with E-state index in [2.05, 4.69) is 52.9 Å². The quantitative estimate of drug-likeness (QED) is 0.622. The monoisotopic (exact) mass is 426 g/mol. The Morgan fingerprint density at radius 1 is 1.19 bits per heavy atom. The highest BCUT2D eigenvalue weighted by Crippen LogP contribution is 2.32. The first-order valence-corrected chi connectivity index (χ1v) is 7.28. The Kier molecular flexibility index (Phi) is 4.11. The molecule has 2 nitrogen and oxygen atoms in total. The second kappa shape index (κ2) is 5.21. The molecule has 0 radical (unpaired) electrons. The molecule has 2 aromatic rings. The lowest BCUT2D eigenvalue weighted by atomic mass is 10.3. The van der Waals surface area contributed by atoms with Gasteiger partial charge in [0.05, 0.1) is 17.3 Å². The highest BCUT2D eigenvalue weighted by atomic mass is 79.9. The highest BCUT2D eigenvalue weighted by Gasteiger charge is 2.10. The molecule has 2 rings (SSSR count). The number of hydrogen-bond acceptors (Lipinski definition) is 1. The van der Waals surface area contributed by atoms with Crippen molar-refractivity contribution in [3.63, 3.8) is 0 Å². The molecule has 0 N–H and O–H groups in total. The third-order valence-electron chi connectivity index (χ3n) is 1.99. The Morgan fingerprint density at radius 2 is 1.81 bits per heavy atom. The van der Waals surface area contributed by atoms with Gasteiger partial charge in [-0.05, 0) is 50.1 Å². The molecular weight excluding hydrogens is 423 g/mol. The molecule has 0 saturated carbocycles. The van der Waals surface area contributed by atoms with Gasteiger partial charge in [0.25, 0.3) is 0 Å². The van der Waals surface area contributed by atoms with Crippen molar-refractivity contribution in [1.82, 2.24) is 9.78 Å². The molecule has 0 spiro atoms. The predicted octanol–water partition coefficient (Wildman–Crippen LogP) is 4.90. The van der Waals surface area contributed by atoms with Gasteiger partial charge in [-0.25, -0.2) is 4.68 Å². The molecule has 1 aromatic heterocycles. The van der Waals surface area contributed by atoms with E-state index in [-0.39, 0.29) is 0 Å². The summed E-state index contributed by atoms with van der Waals surface area (Å²) in [7, 11) is 0. The maximum atomic E-state index is 5.73. The highest BCUT2D eigenvalue weighted by molar-refractivity contribution is 9.11. The molecule has 1 heterocycles. The first-order valence-electron chi connectivity index (χ1n) is 4.37. The van der Waals surface area contributed by atoms with E-state index < -0.39 is 0 Å². The van der Waals surface area contributed by atoms with Crippen LogP contribution in [0.5, 0.6) is 0 Å². The summed E-state index contributed by atoms with van der Waals surface area (Å²) in [6.07, 6.45) is 1.89. The van der Waals surface area contributed by atoms with Crippen LogP contribution in [-0.2, 0) is 5.88 Å². The van der Waals surface area contributed by atoms with Crippen LogP contribution in [-0.4, -0.2) is 9.78 Å². The van der Waals surface area contributed by atoms with Crippen LogP contribution in [0, 0.1) is 0 Å². The Labute approximate surface area is 123 Å². The number of benzene rings is 1. The molecule has 0 saturated heterocycles. The van der Waals surface area contributed by atoms with Crippen LogP contribution in [0.25, 0.3) is 5.69 Å². The van der Waals surface area contributed by atoms with Crippen LogP contribution in [0.3, 0.4) is 0 Å². The minimum absolute atomic E-state index is 0.415. The molecule has 0 bridgehead atoms. The van der Waals surface area contributed by atoms with Crippen LogP contribution in [0.4, 0.5) is 0 Å². The summed E-state index contributed by atoms with van der Waals surface area (Å²) in [6, 6.07) is 5.85. The van der Waals surface area contributed by atoms with Gasteiger partial charge in [-0.1, -0.05) is 15.9 Å². The SMILES string of the molecule is ClCc1ccn(-c2c(Br)cc(Br)cc2Br)n1. The third-order valence-corrected chi connectivity index (χ3v) is 3.93. The lowest BCUT2D eigenvalue weighted by Gasteiger charge is -2.08. The first kappa shape index (κ1) is 12.6. The van der Waals surface area contributed by atoms with Gasteiger partial charge in [-0.2, -0.15) is 5.10 Å². The molecule has 0 aliphatic carbocycles. The van der Waals surface area contributed by atoms with Crippen LogP contribution >= 0.6 is 59.4 Å². The zero-order chi connectivity index (χ0) is 11.7. The molecule has 84 valence electrons. The molecule has 1 aromatic carbocycles. The summed E-state index contributed by atoms with van der Waals surface area (Å²) in [4.78, 5) is 0. The summed E-state index contributed by atoms with van der Waals surface area (Å²) < 4.78 is 4.70. The maximum Gasteiger partial charge on any atom is 0.0930 e. The Balaban J connectivity index is 2.55. The van der Waals surface area contributed by atoms with Gasteiger partial charge < -0.3 is 0 Å². The summed E-state index contributed by atoms with van der Waals surface area (Å²) in [5.74, 6) is 0.415. The standard InChI is InChI=1S/C10H6Br3ClN2/c11-6-3-8(12)10(9(13)4-6)16-2-1-7(5-14)15-16/h1-4H,5H2. The molecule has 0 fully saturated rings. The maximum absolute atomic E-state index is 5.73. The molecule has 6 heteroatoms. The molecule has 16 heavy (non-hydrogen) atoms. The lowest BCUT2D eigenvalue weighted by Crippen LogP contribution is -1.98. The van der Waals surface area contributed by atoms with Gasteiger partial charge in [-0.3, -0.25) is 0 Å². The third kappa shape index (κ3) is 2.53. The Morgan fingerprint density at radius 3 is 2.31 bits per heavy atom. The summed E-state index contributed by atoms with van der Waals surface area (Å²) in [5.41, 5.74) is 1.81. The van der Waals surface area contributed by atoms with E-state index in [9.17, 15) is 0 Å². The molecule has 0 aliphatic rings. The topological polar surface area (TPSA) is 17.8 Å². The van der Waals surface area contributed by atoms with Gasteiger partial charge in [0.2, 0.25) is 0 Å². The molecule has 0 unspecified atom stereocenters. The first-order chi connectivity index (χ1) is 7.61. The average molecular weight is 429 g/mol. The van der Waals surface area contributed by atoms with Gasteiger partial charge in [0.15, 0.2) is 0 Å². The number of halogens is 4. The van der Waals surface area contributed by atoms with Gasteiger partial charge >= 0.3 is 0 Å². The number of aromatic nitrogens is 2. The van der Waals surface area contributed by atoms with Crippen molar-refractivity contribution >= 4 is 59.4 Å². The average Bonchev–Trinajstić information content (AvgIpc) is 2.64. The van der Waals surface area contributed by atoms with E-state index in [0.717, 1.165) is 24.8 Å². The van der Waals surface area contributed by atoms with Crippen LogP contribution in [0.15, 0.2) is 37.8 Å². The smallest absolute Gasteiger partial charge is 0.0930 e. The summed E-state index contributed by atoms with van der Waals surface area (Å²) >= 11 is 16.2. The zero-order valence-corrected chi connectivity index (χ0v) is 13.4. The van der Waals surface area contributed by atoms with Crippen molar-refractivity contribution in [2.45, 2.75) is 5.88 Å². The van der Waals surface area contributed by atoms with Crippen molar-refractivity contribution in [2.75, 3.05) is 0 Å². The van der Waals surface area contributed by atoms with E-state index in [0.29, 0.717) is 5.88 Å². The molecule has 0 amide bonds. The van der Waals surface area contributed by atoms with E-state index in [1.807, 2.05) is 24.4 Å². The van der Waals surface area contributed by atoms with Crippen molar-refractivity contribution in [3.8, 4) is 5.69 Å². The molecule has 0 aliphatic heterocycles. The zero-order valence-electron chi connectivity index (χ0n) is 7.92. The Hall–Kier alpha value is 0.160. The molecule has 0 atom stereocenters. The summed E-state index contributed by atoms with van der Waals surface area (Å²) in [5, 5.41) is 4.36. The molecular formula is C10H6Br3ClN2. The Bertz CT molecular complexity index is 502. The number of rotatable bonds is 2.